The van der Waals surface area contributed by atoms with Crippen LogP contribution >= 0.6 is 0 Å². The zero-order valence-corrected chi connectivity index (χ0v) is 8.43. The van der Waals surface area contributed by atoms with Crippen molar-refractivity contribution >= 4 is 0 Å². The molecule has 2 nitrogen and oxygen atoms in total. The van der Waals surface area contributed by atoms with Gasteiger partial charge in [-0.05, 0) is 0 Å². The van der Waals surface area contributed by atoms with Crippen LogP contribution in [0.25, 0.3) is 0 Å². The molecule has 0 aliphatic carbocycles. The smallest absolute Gasteiger partial charge is 0 e. The second-order valence-corrected chi connectivity index (χ2v) is 0. The van der Waals surface area contributed by atoms with E-state index < -0.39 is 0 Å². The van der Waals surface area contributed by atoms with Crippen molar-refractivity contribution in [3.8, 4) is 0 Å². The molecule has 1 radical (unpaired) electrons. The minimum atomic E-state index is 0. The molecule has 53 valence electrons. The van der Waals surface area contributed by atoms with Gasteiger partial charge in [-0.25, -0.2) is 14.2 Å². The second-order valence-electron chi connectivity index (χ2n) is 0. The SMILES string of the molecule is [CH2-]C.[CH2-]O.[CH2-]O.[CH3-].[Y]. The van der Waals surface area contributed by atoms with Crippen LogP contribution in [-0.2, 0) is 32.7 Å². The van der Waals surface area contributed by atoms with Crippen molar-refractivity contribution in [2.24, 2.45) is 0 Å². The van der Waals surface area contributed by atoms with E-state index in [9.17, 15) is 0 Å². The zero-order chi connectivity index (χ0) is 6.00. The first-order valence-electron chi connectivity index (χ1n) is 1.34. The van der Waals surface area contributed by atoms with Crippen molar-refractivity contribution in [3.05, 3.63) is 28.6 Å². The molecule has 0 aliphatic rings. The molecule has 8 heavy (non-hydrogen) atoms. The summed E-state index contributed by atoms with van der Waals surface area (Å²) in [4.78, 5) is 0. The van der Waals surface area contributed by atoms with E-state index in [0.717, 1.165) is 0 Å². The van der Waals surface area contributed by atoms with E-state index in [1.807, 2.05) is 0 Å². The molecule has 0 atom stereocenters. The van der Waals surface area contributed by atoms with Gasteiger partial charge in [-0.2, -0.15) is 6.92 Å². The Kier molecular flexibility index (Phi) is 1690. The van der Waals surface area contributed by atoms with Crippen molar-refractivity contribution in [3.63, 3.8) is 0 Å². The predicted octanol–water partition coefficient (Wildman–Crippen LogP) is 1.59. The molecule has 0 aliphatic heterocycles. The Balaban J connectivity index is -0.00000000500. The molecule has 2 N–H and O–H groups in total. The maximum atomic E-state index is 6.75. The Morgan fingerprint density at radius 1 is 0.875 bits per heavy atom. The molecule has 0 spiro atoms. The van der Waals surface area contributed by atoms with Crippen LogP contribution in [-0.4, -0.2) is 10.2 Å². The van der Waals surface area contributed by atoms with Crippen LogP contribution in [0.5, 0.6) is 0 Å². The third-order valence-electron chi connectivity index (χ3n) is 0. The average Bonchev–Trinajstić information content (AvgIpc) is 1.81. The summed E-state index contributed by atoms with van der Waals surface area (Å²) in [6.07, 6.45) is 0. The Hall–Kier alpha value is 1.02. The summed E-state index contributed by atoms with van der Waals surface area (Å²) < 4.78 is 0. The minimum Gasteiger partial charge on any atom is -0.569 e. The molecule has 0 aromatic rings. The largest absolute Gasteiger partial charge is 0.569 e. The number of hydrogen-bond donors (Lipinski definition) is 2. The van der Waals surface area contributed by atoms with Crippen LogP contribution in [0.2, 0.25) is 0 Å². The fraction of sp³-hybridized carbons (Fsp3) is 0.200. The van der Waals surface area contributed by atoms with Gasteiger partial charge in [0.05, 0.1) is 0 Å². The molecule has 0 aromatic carbocycles. The van der Waals surface area contributed by atoms with Gasteiger partial charge in [-0.15, -0.1) is 0 Å². The maximum Gasteiger partial charge on any atom is 0 e. The van der Waals surface area contributed by atoms with Crippen LogP contribution < -0.4 is 0 Å². The van der Waals surface area contributed by atoms with Gasteiger partial charge in [0, 0.05) is 32.7 Å². The van der Waals surface area contributed by atoms with Gasteiger partial charge < -0.3 is 24.6 Å². The topological polar surface area (TPSA) is 40.5 Å². The van der Waals surface area contributed by atoms with Gasteiger partial charge in [0.2, 0.25) is 0 Å². The van der Waals surface area contributed by atoms with E-state index in [1.165, 1.54) is 0 Å². The Morgan fingerprint density at radius 2 is 0.875 bits per heavy atom. The molecule has 0 saturated heterocycles. The van der Waals surface area contributed by atoms with Crippen LogP contribution in [0.4, 0.5) is 0 Å². The van der Waals surface area contributed by atoms with Crippen LogP contribution in [0.15, 0.2) is 0 Å². The fourth-order valence-electron chi connectivity index (χ4n) is 0. The van der Waals surface area contributed by atoms with Gasteiger partial charge in [-0.1, -0.05) is 0 Å². The number of hydrogen-bond acceptors (Lipinski definition) is 2. The van der Waals surface area contributed by atoms with Gasteiger partial charge in [0.1, 0.15) is 0 Å². The Morgan fingerprint density at radius 3 is 0.875 bits per heavy atom. The first kappa shape index (κ1) is 35.9. The Labute approximate surface area is 78.2 Å². The van der Waals surface area contributed by atoms with E-state index in [-0.39, 0.29) is 40.1 Å². The molecular formula is C5H14O2Y-4. The zero-order valence-electron chi connectivity index (χ0n) is 5.59. The van der Waals surface area contributed by atoms with E-state index in [2.05, 4.69) is 21.1 Å². The number of aliphatic hydroxyl groups excluding tert-OH is 2. The number of aliphatic hydroxyl groups is 2. The van der Waals surface area contributed by atoms with Crippen molar-refractivity contribution in [2.45, 2.75) is 6.92 Å². The molecule has 0 rings (SSSR count). The summed E-state index contributed by atoms with van der Waals surface area (Å²) in [5.74, 6) is 0. The quantitative estimate of drug-likeness (QED) is 0.576. The molecule has 0 fully saturated rings. The molecule has 0 unspecified atom stereocenters. The van der Waals surface area contributed by atoms with Crippen molar-refractivity contribution < 1.29 is 42.9 Å². The molecule has 0 bridgehead atoms. The van der Waals surface area contributed by atoms with Crippen molar-refractivity contribution in [2.75, 3.05) is 0 Å². The van der Waals surface area contributed by atoms with E-state index in [4.69, 9.17) is 10.2 Å². The molecular weight excluding hydrogens is 181 g/mol. The number of rotatable bonds is 0. The molecule has 0 amide bonds. The van der Waals surface area contributed by atoms with Gasteiger partial charge >= 0.3 is 0 Å². The van der Waals surface area contributed by atoms with Crippen LogP contribution in [0.1, 0.15) is 6.92 Å². The molecule has 0 aromatic heterocycles. The molecule has 0 saturated carbocycles. The van der Waals surface area contributed by atoms with Gasteiger partial charge in [0.15, 0.2) is 0 Å². The Bertz CT molecular complexity index is 10.4. The fourth-order valence-corrected chi connectivity index (χ4v) is 0. The van der Waals surface area contributed by atoms with E-state index >= 15 is 0 Å². The van der Waals surface area contributed by atoms with Crippen LogP contribution in [0, 0.1) is 28.6 Å². The van der Waals surface area contributed by atoms with Crippen molar-refractivity contribution in [1.29, 1.82) is 0 Å². The summed E-state index contributed by atoms with van der Waals surface area (Å²) in [5, 5.41) is 13.5. The first-order valence-corrected chi connectivity index (χ1v) is 1.34. The van der Waals surface area contributed by atoms with Gasteiger partial charge in [-0.3, -0.25) is 0 Å². The normalized spacial score (nSPS) is 2.25. The molecule has 0 heterocycles. The predicted molar refractivity (Wildman–Crippen MR) is 32.0 cm³/mol. The standard InChI is InChI=1S/C2H5.2CH3O.CH3.Y/c3*1-2;;/h1H2,2H3;2*2H,1H2;1H3;/q4*-1;. The summed E-state index contributed by atoms with van der Waals surface area (Å²) in [7, 11) is 4.50. The minimum absolute atomic E-state index is 0. The summed E-state index contributed by atoms with van der Waals surface area (Å²) in [6.45, 7) is 5.00. The van der Waals surface area contributed by atoms with Gasteiger partial charge in [0.25, 0.3) is 0 Å². The summed E-state index contributed by atoms with van der Waals surface area (Å²) >= 11 is 0. The summed E-state index contributed by atoms with van der Waals surface area (Å²) in [6, 6.07) is 0. The van der Waals surface area contributed by atoms with Crippen LogP contribution in [0.3, 0.4) is 0 Å². The third-order valence-corrected chi connectivity index (χ3v) is 0. The summed E-state index contributed by atoms with van der Waals surface area (Å²) in [5.41, 5.74) is 0. The monoisotopic (exact) mass is 195 g/mol. The molecule has 3 heteroatoms. The average molecular weight is 195 g/mol. The second kappa shape index (κ2) is 378. The van der Waals surface area contributed by atoms with E-state index in [1.54, 1.807) is 6.92 Å². The third kappa shape index (κ3) is 243. The van der Waals surface area contributed by atoms with Crippen molar-refractivity contribution in [1.82, 2.24) is 0 Å². The maximum absolute atomic E-state index is 6.75. The first-order chi connectivity index (χ1) is 3.00. The van der Waals surface area contributed by atoms with E-state index in [0.29, 0.717) is 0 Å².